The third kappa shape index (κ3) is 2.75. The van der Waals surface area contributed by atoms with E-state index in [1.165, 1.54) is 0 Å². The molecular formula is C21H18N6O2. The van der Waals surface area contributed by atoms with Gasteiger partial charge in [0.1, 0.15) is 0 Å². The standard InChI is InChI=1S/C21H18N6O2/c1-26-9-14-4-13(7-23-20(14)25-26)19-8-22-17-3-2-12(5-18(17)24-19)21(28)27-10-15-6-16(11-27)29-15/h2-5,7-9,15-16H,6,10-11H2,1H3/t15-,16+. The van der Waals surface area contributed by atoms with Crippen molar-refractivity contribution in [3.05, 3.63) is 48.4 Å². The van der Waals surface area contributed by atoms with E-state index >= 15 is 0 Å². The van der Waals surface area contributed by atoms with Crippen molar-refractivity contribution in [3.63, 3.8) is 0 Å². The smallest absolute Gasteiger partial charge is 0.254 e. The normalized spacial score (nSPS) is 20.8. The molecule has 0 radical (unpaired) electrons. The Morgan fingerprint density at radius 3 is 2.76 bits per heavy atom. The lowest BCUT2D eigenvalue weighted by Gasteiger charge is -2.47. The zero-order valence-corrected chi connectivity index (χ0v) is 15.8. The van der Waals surface area contributed by atoms with E-state index < -0.39 is 0 Å². The van der Waals surface area contributed by atoms with Crippen molar-refractivity contribution < 1.29 is 9.53 Å². The molecule has 0 unspecified atom stereocenters. The highest BCUT2D eigenvalue weighted by Crippen LogP contribution is 2.29. The van der Waals surface area contributed by atoms with Gasteiger partial charge in [-0.15, -0.1) is 0 Å². The van der Waals surface area contributed by atoms with Crippen LogP contribution in [0.2, 0.25) is 0 Å². The summed E-state index contributed by atoms with van der Waals surface area (Å²) in [5.41, 5.74) is 4.36. The van der Waals surface area contributed by atoms with Crippen molar-refractivity contribution in [2.75, 3.05) is 13.1 Å². The van der Waals surface area contributed by atoms with Gasteiger partial charge in [-0.25, -0.2) is 9.97 Å². The molecule has 7 rings (SSSR count). The molecule has 3 aromatic heterocycles. The molecule has 0 aliphatic carbocycles. The Labute approximate surface area is 166 Å². The highest BCUT2D eigenvalue weighted by molar-refractivity contribution is 5.97. The average Bonchev–Trinajstić information content (AvgIpc) is 3.11. The van der Waals surface area contributed by atoms with Gasteiger partial charge in [0.05, 0.1) is 35.1 Å². The Balaban J connectivity index is 1.36. The molecule has 1 amide bonds. The molecule has 3 aliphatic heterocycles. The van der Waals surface area contributed by atoms with E-state index in [1.807, 2.05) is 42.4 Å². The first-order chi connectivity index (χ1) is 14.1. The van der Waals surface area contributed by atoms with E-state index in [4.69, 9.17) is 9.72 Å². The first-order valence-electron chi connectivity index (χ1n) is 9.64. The van der Waals surface area contributed by atoms with E-state index in [-0.39, 0.29) is 18.1 Å². The van der Waals surface area contributed by atoms with Gasteiger partial charge in [0.25, 0.3) is 5.91 Å². The Bertz CT molecular complexity index is 1270. The maximum atomic E-state index is 12.9. The lowest BCUT2D eigenvalue weighted by Crippen LogP contribution is -2.58. The molecule has 3 saturated heterocycles. The summed E-state index contributed by atoms with van der Waals surface area (Å²) in [6, 6.07) is 7.50. The number of aromatic nitrogens is 5. The number of carbonyl (C=O) groups is 1. The molecule has 0 spiro atoms. The topological polar surface area (TPSA) is 86.0 Å². The lowest BCUT2D eigenvalue weighted by atomic mass is 9.98. The van der Waals surface area contributed by atoms with Gasteiger partial charge < -0.3 is 9.64 Å². The fraction of sp³-hybridized carbons (Fsp3) is 0.286. The van der Waals surface area contributed by atoms with Crippen LogP contribution >= 0.6 is 0 Å². The van der Waals surface area contributed by atoms with Gasteiger partial charge in [-0.3, -0.25) is 14.5 Å². The summed E-state index contributed by atoms with van der Waals surface area (Å²) in [5, 5.41) is 5.25. The Morgan fingerprint density at radius 1 is 1.10 bits per heavy atom. The van der Waals surface area contributed by atoms with Crippen LogP contribution in [0, 0.1) is 0 Å². The Morgan fingerprint density at radius 2 is 1.93 bits per heavy atom. The number of hydrogen-bond donors (Lipinski definition) is 0. The molecule has 6 heterocycles. The minimum absolute atomic E-state index is 0.0237. The predicted octanol–water partition coefficient (Wildman–Crippen LogP) is 2.19. The minimum Gasteiger partial charge on any atom is -0.371 e. The number of pyridine rings is 1. The van der Waals surface area contributed by atoms with Crippen LogP contribution in [-0.2, 0) is 11.8 Å². The highest BCUT2D eigenvalue weighted by atomic mass is 16.5. The summed E-state index contributed by atoms with van der Waals surface area (Å²) in [6.07, 6.45) is 6.85. The van der Waals surface area contributed by atoms with Crippen LogP contribution in [-0.4, -0.2) is 60.8 Å². The van der Waals surface area contributed by atoms with Gasteiger partial charge >= 0.3 is 0 Å². The van der Waals surface area contributed by atoms with Gasteiger partial charge in [-0.1, -0.05) is 0 Å². The second-order valence-corrected chi connectivity index (χ2v) is 7.72. The molecule has 3 fully saturated rings. The number of piperidine rings is 1. The number of nitrogens with zero attached hydrogens (tertiary/aromatic N) is 6. The van der Waals surface area contributed by atoms with E-state index in [0.29, 0.717) is 35.5 Å². The zero-order chi connectivity index (χ0) is 19.5. The van der Waals surface area contributed by atoms with Crippen molar-refractivity contribution >= 4 is 28.0 Å². The zero-order valence-electron chi connectivity index (χ0n) is 15.8. The van der Waals surface area contributed by atoms with Crippen LogP contribution in [0.25, 0.3) is 33.3 Å². The maximum absolute atomic E-state index is 12.9. The van der Waals surface area contributed by atoms with Crippen LogP contribution in [0.1, 0.15) is 16.8 Å². The largest absolute Gasteiger partial charge is 0.371 e. The van der Waals surface area contributed by atoms with E-state index in [0.717, 1.165) is 22.9 Å². The lowest BCUT2D eigenvalue weighted by molar-refractivity contribution is -0.171. The van der Waals surface area contributed by atoms with E-state index in [2.05, 4.69) is 15.1 Å². The molecule has 0 N–H and O–H groups in total. The summed E-state index contributed by atoms with van der Waals surface area (Å²) < 4.78 is 7.37. The maximum Gasteiger partial charge on any atom is 0.254 e. The quantitative estimate of drug-likeness (QED) is 0.525. The fourth-order valence-electron chi connectivity index (χ4n) is 4.16. The molecule has 144 valence electrons. The molecule has 1 aromatic carbocycles. The number of amides is 1. The Kier molecular flexibility index (Phi) is 3.45. The van der Waals surface area contributed by atoms with Gasteiger partial charge in [-0.05, 0) is 24.3 Å². The number of hydrogen-bond acceptors (Lipinski definition) is 6. The monoisotopic (exact) mass is 386 g/mol. The number of carbonyl (C=O) groups excluding carboxylic acids is 1. The number of rotatable bonds is 2. The number of morpholine rings is 1. The van der Waals surface area contributed by atoms with Crippen LogP contribution in [0.4, 0.5) is 0 Å². The number of benzene rings is 1. The van der Waals surface area contributed by atoms with Gasteiger partial charge in [-0.2, -0.15) is 5.10 Å². The highest BCUT2D eigenvalue weighted by Gasteiger charge is 2.40. The number of aryl methyl sites for hydroxylation is 1. The SMILES string of the molecule is Cn1cc2cc(-c3cnc4ccc(C(=O)N5C[C@H]6C[C@@H](C5)O6)cc4n3)cnc2n1. The van der Waals surface area contributed by atoms with E-state index in [1.54, 1.807) is 17.1 Å². The van der Waals surface area contributed by atoms with Gasteiger partial charge in [0.2, 0.25) is 0 Å². The van der Waals surface area contributed by atoms with Gasteiger partial charge in [0, 0.05) is 55.5 Å². The predicted molar refractivity (Wildman–Crippen MR) is 106 cm³/mol. The molecule has 4 aromatic rings. The summed E-state index contributed by atoms with van der Waals surface area (Å²) in [7, 11) is 1.87. The summed E-state index contributed by atoms with van der Waals surface area (Å²) >= 11 is 0. The number of ether oxygens (including phenoxy) is 1. The van der Waals surface area contributed by atoms with Crippen molar-refractivity contribution in [1.29, 1.82) is 0 Å². The second kappa shape index (κ2) is 6.05. The van der Waals surface area contributed by atoms with Crippen molar-refractivity contribution in [2.45, 2.75) is 18.6 Å². The van der Waals surface area contributed by atoms with Gasteiger partial charge in [0.15, 0.2) is 5.65 Å². The van der Waals surface area contributed by atoms with Crippen LogP contribution in [0.5, 0.6) is 0 Å². The summed E-state index contributed by atoms with van der Waals surface area (Å²) in [4.78, 5) is 28.5. The first-order valence-corrected chi connectivity index (χ1v) is 9.64. The van der Waals surface area contributed by atoms with Crippen molar-refractivity contribution in [2.24, 2.45) is 7.05 Å². The number of fused-ring (bicyclic) bond motifs is 4. The van der Waals surface area contributed by atoms with Crippen LogP contribution in [0.3, 0.4) is 0 Å². The van der Waals surface area contributed by atoms with Crippen molar-refractivity contribution in [1.82, 2.24) is 29.6 Å². The molecule has 0 saturated carbocycles. The van der Waals surface area contributed by atoms with Crippen LogP contribution in [0.15, 0.2) is 42.9 Å². The molecule has 29 heavy (non-hydrogen) atoms. The molecular weight excluding hydrogens is 368 g/mol. The second-order valence-electron chi connectivity index (χ2n) is 7.72. The summed E-state index contributed by atoms with van der Waals surface area (Å²) in [5.74, 6) is 0.0237. The molecule has 2 atom stereocenters. The van der Waals surface area contributed by atoms with Crippen LogP contribution < -0.4 is 0 Å². The molecule has 8 nitrogen and oxygen atoms in total. The molecule has 2 bridgehead atoms. The van der Waals surface area contributed by atoms with Crippen molar-refractivity contribution in [3.8, 4) is 11.3 Å². The minimum atomic E-state index is 0.0237. The average molecular weight is 386 g/mol. The fourth-order valence-corrected chi connectivity index (χ4v) is 4.16. The summed E-state index contributed by atoms with van der Waals surface area (Å²) in [6.45, 7) is 1.33. The molecule has 8 heteroatoms. The molecule has 3 aliphatic rings. The Hall–Kier alpha value is -3.39. The van der Waals surface area contributed by atoms with E-state index in [9.17, 15) is 4.79 Å². The first kappa shape index (κ1) is 16.6. The third-order valence-electron chi connectivity index (χ3n) is 5.60. The third-order valence-corrected chi connectivity index (χ3v) is 5.60.